The Labute approximate surface area is 134 Å². The van der Waals surface area contributed by atoms with E-state index < -0.39 is 0 Å². The van der Waals surface area contributed by atoms with Gasteiger partial charge in [-0.3, -0.25) is 0 Å². The Kier molecular flexibility index (Phi) is 6.91. The normalized spacial score (nSPS) is 17.7. The zero-order valence-corrected chi connectivity index (χ0v) is 14.5. The third-order valence-electron chi connectivity index (χ3n) is 4.40. The minimum Gasteiger partial charge on any atom is -0.497 e. The molecule has 1 unspecified atom stereocenters. The van der Waals surface area contributed by atoms with Crippen molar-refractivity contribution >= 4 is 11.8 Å². The predicted octanol–water partition coefficient (Wildman–Crippen LogP) is 4.58. The number of aryl methyl sites for hydroxylation is 1. The molecule has 0 bridgehead atoms. The van der Waals surface area contributed by atoms with Crippen LogP contribution in [0.25, 0.3) is 0 Å². The summed E-state index contributed by atoms with van der Waals surface area (Å²) in [6.07, 6.45) is 5.22. The lowest BCUT2D eigenvalue weighted by Gasteiger charge is -2.28. The van der Waals surface area contributed by atoms with E-state index in [1.54, 1.807) is 7.11 Å². The van der Waals surface area contributed by atoms with Crippen LogP contribution in [0, 0.1) is 12.8 Å². The van der Waals surface area contributed by atoms with Crippen LogP contribution in [0.4, 0.5) is 0 Å². The largest absolute Gasteiger partial charge is 0.497 e. The highest BCUT2D eigenvalue weighted by atomic mass is 32.2. The zero-order valence-electron chi connectivity index (χ0n) is 13.7. The highest BCUT2D eigenvalue weighted by molar-refractivity contribution is 7.99. The lowest BCUT2D eigenvalue weighted by atomic mass is 9.89. The first kappa shape index (κ1) is 16.7. The Hall–Kier alpha value is -0.670. The standard InChI is InChI=1S/C18H29NOS/c1-4-9-19-18(13-15-7-10-21-11-8-15)17-6-5-16(20-3)12-14(17)2/h5-6,12,15,18-19H,4,7-11,13H2,1-3H3. The van der Waals surface area contributed by atoms with Gasteiger partial charge in [0.15, 0.2) is 0 Å². The number of nitrogens with one attached hydrogen (secondary N) is 1. The van der Waals surface area contributed by atoms with Gasteiger partial charge in [0, 0.05) is 6.04 Å². The topological polar surface area (TPSA) is 21.3 Å². The first-order chi connectivity index (χ1) is 10.2. The molecule has 0 aromatic heterocycles. The van der Waals surface area contributed by atoms with Crippen molar-refractivity contribution in [3.63, 3.8) is 0 Å². The van der Waals surface area contributed by atoms with E-state index in [2.05, 4.69) is 49.1 Å². The van der Waals surface area contributed by atoms with Crippen LogP contribution in [0.3, 0.4) is 0 Å². The van der Waals surface area contributed by atoms with E-state index in [-0.39, 0.29) is 0 Å². The number of benzene rings is 1. The van der Waals surface area contributed by atoms with Gasteiger partial charge < -0.3 is 10.1 Å². The van der Waals surface area contributed by atoms with Gasteiger partial charge in [0.1, 0.15) is 5.75 Å². The van der Waals surface area contributed by atoms with Crippen LogP contribution >= 0.6 is 11.8 Å². The smallest absolute Gasteiger partial charge is 0.119 e. The van der Waals surface area contributed by atoms with E-state index in [0.29, 0.717) is 6.04 Å². The molecular formula is C18H29NOS. The van der Waals surface area contributed by atoms with E-state index in [1.807, 2.05) is 0 Å². The van der Waals surface area contributed by atoms with E-state index in [4.69, 9.17) is 4.74 Å². The molecule has 1 aromatic rings. The van der Waals surface area contributed by atoms with Crippen LogP contribution in [-0.2, 0) is 0 Å². The Morgan fingerprint density at radius 2 is 2.10 bits per heavy atom. The van der Waals surface area contributed by atoms with Gasteiger partial charge in [0.25, 0.3) is 0 Å². The molecule has 2 rings (SSSR count). The molecule has 0 aliphatic carbocycles. The van der Waals surface area contributed by atoms with E-state index in [1.165, 1.54) is 48.3 Å². The highest BCUT2D eigenvalue weighted by Gasteiger charge is 2.21. The maximum atomic E-state index is 5.34. The van der Waals surface area contributed by atoms with Crippen molar-refractivity contribution in [1.29, 1.82) is 0 Å². The summed E-state index contributed by atoms with van der Waals surface area (Å²) in [6, 6.07) is 7.00. The highest BCUT2D eigenvalue weighted by Crippen LogP contribution is 2.33. The van der Waals surface area contributed by atoms with Gasteiger partial charge in [-0.05, 0) is 79.8 Å². The van der Waals surface area contributed by atoms with Gasteiger partial charge >= 0.3 is 0 Å². The molecule has 1 aromatic carbocycles. The maximum absolute atomic E-state index is 5.34. The average molecular weight is 308 g/mol. The summed E-state index contributed by atoms with van der Waals surface area (Å²) in [5, 5.41) is 3.76. The molecule has 21 heavy (non-hydrogen) atoms. The van der Waals surface area contributed by atoms with Crippen LogP contribution in [0.2, 0.25) is 0 Å². The van der Waals surface area contributed by atoms with Crippen LogP contribution in [0.5, 0.6) is 5.75 Å². The fourth-order valence-corrected chi connectivity index (χ4v) is 4.32. The van der Waals surface area contributed by atoms with Gasteiger partial charge in [0.2, 0.25) is 0 Å². The fourth-order valence-electron chi connectivity index (χ4n) is 3.12. The minimum atomic E-state index is 0.490. The number of hydrogen-bond donors (Lipinski definition) is 1. The first-order valence-electron chi connectivity index (χ1n) is 8.20. The number of methoxy groups -OCH3 is 1. The quantitative estimate of drug-likeness (QED) is 0.797. The van der Waals surface area contributed by atoms with Gasteiger partial charge in [-0.1, -0.05) is 13.0 Å². The lowest BCUT2D eigenvalue weighted by molar-refractivity contribution is 0.369. The Bertz CT molecular complexity index is 429. The van der Waals surface area contributed by atoms with Gasteiger partial charge in [-0.25, -0.2) is 0 Å². The summed E-state index contributed by atoms with van der Waals surface area (Å²) in [5.74, 6) is 4.51. The van der Waals surface area contributed by atoms with Crippen molar-refractivity contribution in [3.05, 3.63) is 29.3 Å². The molecule has 1 aliphatic rings. The molecule has 0 saturated carbocycles. The van der Waals surface area contributed by atoms with E-state index in [9.17, 15) is 0 Å². The molecular weight excluding hydrogens is 278 g/mol. The van der Waals surface area contributed by atoms with Crippen LogP contribution in [-0.4, -0.2) is 25.2 Å². The second kappa shape index (κ2) is 8.70. The predicted molar refractivity (Wildman–Crippen MR) is 93.4 cm³/mol. The SMILES string of the molecule is CCCNC(CC1CCSCC1)c1ccc(OC)cc1C. The van der Waals surface area contributed by atoms with E-state index in [0.717, 1.165) is 18.2 Å². The van der Waals surface area contributed by atoms with Crippen molar-refractivity contribution in [2.24, 2.45) is 5.92 Å². The zero-order chi connectivity index (χ0) is 15.1. The first-order valence-corrected chi connectivity index (χ1v) is 9.35. The molecule has 1 N–H and O–H groups in total. The summed E-state index contributed by atoms with van der Waals surface area (Å²) >= 11 is 2.11. The molecule has 2 nitrogen and oxygen atoms in total. The minimum absolute atomic E-state index is 0.490. The van der Waals surface area contributed by atoms with Crippen LogP contribution < -0.4 is 10.1 Å². The van der Waals surface area contributed by atoms with Crippen molar-refractivity contribution in [2.45, 2.75) is 45.6 Å². The second-order valence-electron chi connectivity index (χ2n) is 6.02. The summed E-state index contributed by atoms with van der Waals surface area (Å²) in [6.45, 7) is 5.54. The molecule has 0 radical (unpaired) electrons. The van der Waals surface area contributed by atoms with Crippen molar-refractivity contribution in [3.8, 4) is 5.75 Å². The monoisotopic (exact) mass is 307 g/mol. The number of hydrogen-bond acceptors (Lipinski definition) is 3. The molecule has 3 heteroatoms. The van der Waals surface area contributed by atoms with Crippen molar-refractivity contribution in [2.75, 3.05) is 25.2 Å². The van der Waals surface area contributed by atoms with Crippen molar-refractivity contribution < 1.29 is 4.74 Å². The summed E-state index contributed by atoms with van der Waals surface area (Å²) < 4.78 is 5.34. The number of rotatable bonds is 7. The average Bonchev–Trinajstić information content (AvgIpc) is 2.52. The van der Waals surface area contributed by atoms with E-state index >= 15 is 0 Å². The summed E-state index contributed by atoms with van der Waals surface area (Å²) in [7, 11) is 1.74. The Morgan fingerprint density at radius 3 is 2.71 bits per heavy atom. The lowest BCUT2D eigenvalue weighted by Crippen LogP contribution is -2.26. The third-order valence-corrected chi connectivity index (χ3v) is 5.45. The molecule has 1 aliphatic heterocycles. The third kappa shape index (κ3) is 4.93. The molecule has 1 fully saturated rings. The Balaban J connectivity index is 2.10. The molecule has 0 amide bonds. The summed E-state index contributed by atoms with van der Waals surface area (Å²) in [4.78, 5) is 0. The van der Waals surface area contributed by atoms with Gasteiger partial charge in [-0.2, -0.15) is 11.8 Å². The maximum Gasteiger partial charge on any atom is 0.119 e. The number of ether oxygens (including phenoxy) is 1. The Morgan fingerprint density at radius 1 is 1.33 bits per heavy atom. The molecule has 1 atom stereocenters. The molecule has 0 spiro atoms. The van der Waals surface area contributed by atoms with Crippen LogP contribution in [0.15, 0.2) is 18.2 Å². The van der Waals surface area contributed by atoms with Crippen molar-refractivity contribution in [1.82, 2.24) is 5.32 Å². The molecule has 1 saturated heterocycles. The molecule has 1 heterocycles. The number of thioether (sulfide) groups is 1. The van der Waals surface area contributed by atoms with Gasteiger partial charge in [-0.15, -0.1) is 0 Å². The molecule has 118 valence electrons. The van der Waals surface area contributed by atoms with Crippen LogP contribution in [0.1, 0.15) is 49.8 Å². The van der Waals surface area contributed by atoms with Gasteiger partial charge in [0.05, 0.1) is 7.11 Å². The second-order valence-corrected chi connectivity index (χ2v) is 7.25. The fraction of sp³-hybridized carbons (Fsp3) is 0.667. The summed E-state index contributed by atoms with van der Waals surface area (Å²) in [5.41, 5.74) is 2.79.